The highest BCUT2D eigenvalue weighted by Gasteiger charge is 2.22. The van der Waals surface area contributed by atoms with Gasteiger partial charge in [-0.15, -0.1) is 0 Å². The van der Waals surface area contributed by atoms with E-state index in [1.807, 2.05) is 6.92 Å². The molecule has 3 unspecified atom stereocenters. The molecule has 0 bridgehead atoms. The number of rotatable bonds is 7. The minimum Gasteiger partial charge on any atom is -0.389 e. The highest BCUT2D eigenvalue weighted by atomic mass is 16.5. The lowest BCUT2D eigenvalue weighted by Crippen LogP contribution is -2.52. The summed E-state index contributed by atoms with van der Waals surface area (Å²) in [5.41, 5.74) is 0. The lowest BCUT2D eigenvalue weighted by molar-refractivity contribution is -0.0442. The molecule has 108 valence electrons. The molecule has 1 N–H and O–H groups in total. The van der Waals surface area contributed by atoms with Gasteiger partial charge < -0.3 is 19.5 Å². The minimum absolute atomic E-state index is 0.0380. The average molecular weight is 260 g/mol. The standard InChI is InChI=1S/C13H28N2O3/c1-11-7-15(6-5-14(11)3)8-13(16)10-18-12(2)9-17-4/h11-13,16H,5-10H2,1-4H3. The quantitative estimate of drug-likeness (QED) is 0.700. The van der Waals surface area contributed by atoms with Gasteiger partial charge in [0.25, 0.3) is 0 Å². The maximum absolute atomic E-state index is 9.95. The van der Waals surface area contributed by atoms with Crippen molar-refractivity contribution in [2.45, 2.75) is 32.1 Å². The first kappa shape index (κ1) is 15.9. The Bertz CT molecular complexity index is 228. The summed E-state index contributed by atoms with van der Waals surface area (Å²) < 4.78 is 10.5. The monoisotopic (exact) mass is 260 g/mol. The number of aliphatic hydroxyl groups excluding tert-OH is 1. The van der Waals surface area contributed by atoms with E-state index < -0.39 is 6.10 Å². The molecular weight excluding hydrogens is 232 g/mol. The largest absolute Gasteiger partial charge is 0.389 e. The van der Waals surface area contributed by atoms with Crippen LogP contribution in [0.25, 0.3) is 0 Å². The number of hydrogen-bond donors (Lipinski definition) is 1. The van der Waals surface area contributed by atoms with Crippen molar-refractivity contribution in [1.29, 1.82) is 0 Å². The van der Waals surface area contributed by atoms with Crippen LogP contribution >= 0.6 is 0 Å². The van der Waals surface area contributed by atoms with Gasteiger partial charge in [0.2, 0.25) is 0 Å². The van der Waals surface area contributed by atoms with Crippen LogP contribution in [-0.2, 0) is 9.47 Å². The Hall–Kier alpha value is -0.200. The molecule has 0 aromatic rings. The molecule has 18 heavy (non-hydrogen) atoms. The maximum Gasteiger partial charge on any atom is 0.0900 e. The number of piperazine rings is 1. The van der Waals surface area contributed by atoms with Gasteiger partial charge in [-0.05, 0) is 20.9 Å². The fourth-order valence-electron chi connectivity index (χ4n) is 2.20. The summed E-state index contributed by atoms with van der Waals surface area (Å²) >= 11 is 0. The molecule has 5 heteroatoms. The number of hydrogen-bond acceptors (Lipinski definition) is 5. The van der Waals surface area contributed by atoms with E-state index in [0.29, 0.717) is 25.8 Å². The Morgan fingerprint density at radius 2 is 2.06 bits per heavy atom. The zero-order valence-corrected chi connectivity index (χ0v) is 12.1. The second-order valence-corrected chi connectivity index (χ2v) is 5.34. The number of likely N-dealkylation sites (N-methyl/N-ethyl adjacent to an activating group) is 1. The van der Waals surface area contributed by atoms with Gasteiger partial charge in [-0.25, -0.2) is 0 Å². The fourth-order valence-corrected chi connectivity index (χ4v) is 2.20. The normalized spacial score (nSPS) is 26.2. The van der Waals surface area contributed by atoms with E-state index in [4.69, 9.17) is 9.47 Å². The summed E-state index contributed by atoms with van der Waals surface area (Å²) in [4.78, 5) is 4.65. The molecule has 0 aromatic heterocycles. The van der Waals surface area contributed by atoms with Gasteiger partial charge in [0.1, 0.15) is 0 Å². The summed E-state index contributed by atoms with van der Waals surface area (Å²) in [6, 6.07) is 0.555. The van der Waals surface area contributed by atoms with Gasteiger partial charge in [0.05, 0.1) is 25.4 Å². The second kappa shape index (κ2) is 8.07. The van der Waals surface area contributed by atoms with E-state index in [1.54, 1.807) is 7.11 Å². The zero-order valence-electron chi connectivity index (χ0n) is 12.1. The van der Waals surface area contributed by atoms with Gasteiger partial charge in [0, 0.05) is 39.3 Å². The Morgan fingerprint density at radius 3 is 2.67 bits per heavy atom. The van der Waals surface area contributed by atoms with Crippen molar-refractivity contribution < 1.29 is 14.6 Å². The zero-order chi connectivity index (χ0) is 13.5. The molecule has 1 heterocycles. The van der Waals surface area contributed by atoms with Gasteiger partial charge in [-0.2, -0.15) is 0 Å². The molecule has 0 spiro atoms. The summed E-state index contributed by atoms with van der Waals surface area (Å²) in [5, 5.41) is 9.95. The van der Waals surface area contributed by atoms with E-state index in [1.165, 1.54) is 0 Å². The Balaban J connectivity index is 2.17. The molecule has 1 rings (SSSR count). The highest BCUT2D eigenvalue weighted by Crippen LogP contribution is 2.07. The summed E-state index contributed by atoms with van der Waals surface area (Å²) in [7, 11) is 3.80. The smallest absolute Gasteiger partial charge is 0.0900 e. The molecule has 1 aliphatic heterocycles. The van der Waals surface area contributed by atoms with E-state index in [2.05, 4.69) is 23.8 Å². The van der Waals surface area contributed by atoms with Crippen LogP contribution in [-0.4, -0.2) is 86.7 Å². The number of aliphatic hydroxyl groups is 1. The third kappa shape index (κ3) is 5.63. The number of β-amino-alcohol motifs (C(OH)–C–C–N with tert-alkyl or cyclic N) is 1. The maximum atomic E-state index is 9.95. The van der Waals surface area contributed by atoms with Gasteiger partial charge >= 0.3 is 0 Å². The predicted molar refractivity (Wildman–Crippen MR) is 71.8 cm³/mol. The van der Waals surface area contributed by atoms with Crippen LogP contribution in [0.1, 0.15) is 13.8 Å². The van der Waals surface area contributed by atoms with Crippen LogP contribution in [0.3, 0.4) is 0 Å². The van der Waals surface area contributed by atoms with E-state index in [0.717, 1.165) is 19.6 Å². The van der Waals surface area contributed by atoms with Crippen LogP contribution in [0.5, 0.6) is 0 Å². The average Bonchev–Trinajstić information content (AvgIpc) is 2.32. The summed E-state index contributed by atoms with van der Waals surface area (Å²) in [6.07, 6.45) is -0.379. The topological polar surface area (TPSA) is 45.2 Å². The number of nitrogens with zero attached hydrogens (tertiary/aromatic N) is 2. The van der Waals surface area contributed by atoms with Crippen molar-refractivity contribution in [2.24, 2.45) is 0 Å². The van der Waals surface area contributed by atoms with Crippen LogP contribution in [0.2, 0.25) is 0 Å². The highest BCUT2D eigenvalue weighted by molar-refractivity contribution is 4.78. The lowest BCUT2D eigenvalue weighted by Gasteiger charge is -2.38. The van der Waals surface area contributed by atoms with E-state index in [-0.39, 0.29) is 6.10 Å². The van der Waals surface area contributed by atoms with Crippen LogP contribution < -0.4 is 0 Å². The van der Waals surface area contributed by atoms with E-state index in [9.17, 15) is 5.11 Å². The molecule has 0 radical (unpaired) electrons. The third-order valence-corrected chi connectivity index (χ3v) is 3.49. The molecular formula is C13H28N2O3. The molecule has 5 nitrogen and oxygen atoms in total. The van der Waals surface area contributed by atoms with Crippen LogP contribution in [0.4, 0.5) is 0 Å². The summed E-state index contributed by atoms with van der Waals surface area (Å²) in [6.45, 7) is 8.91. The van der Waals surface area contributed by atoms with Crippen LogP contribution in [0, 0.1) is 0 Å². The molecule has 0 aliphatic carbocycles. The molecule has 0 aromatic carbocycles. The fraction of sp³-hybridized carbons (Fsp3) is 1.00. The summed E-state index contributed by atoms with van der Waals surface area (Å²) in [5.74, 6) is 0. The van der Waals surface area contributed by atoms with Crippen molar-refractivity contribution >= 4 is 0 Å². The van der Waals surface area contributed by atoms with Crippen molar-refractivity contribution in [3.05, 3.63) is 0 Å². The van der Waals surface area contributed by atoms with Gasteiger partial charge in [0.15, 0.2) is 0 Å². The van der Waals surface area contributed by atoms with Gasteiger partial charge in [-0.1, -0.05) is 0 Å². The second-order valence-electron chi connectivity index (χ2n) is 5.34. The molecule has 0 saturated carbocycles. The van der Waals surface area contributed by atoms with Gasteiger partial charge in [-0.3, -0.25) is 4.90 Å². The Labute approximate surface area is 111 Å². The first-order valence-electron chi connectivity index (χ1n) is 6.74. The number of methoxy groups -OCH3 is 1. The molecule has 0 amide bonds. The minimum atomic E-state index is -0.417. The molecule has 1 saturated heterocycles. The lowest BCUT2D eigenvalue weighted by atomic mass is 10.2. The SMILES string of the molecule is COCC(C)OCC(O)CN1CCN(C)C(C)C1. The van der Waals surface area contributed by atoms with Crippen molar-refractivity contribution in [2.75, 3.05) is 53.6 Å². The third-order valence-electron chi connectivity index (χ3n) is 3.49. The van der Waals surface area contributed by atoms with Crippen LogP contribution in [0.15, 0.2) is 0 Å². The Morgan fingerprint density at radius 1 is 1.33 bits per heavy atom. The molecule has 1 aliphatic rings. The Kier molecular flexibility index (Phi) is 7.11. The van der Waals surface area contributed by atoms with Crippen molar-refractivity contribution in [3.8, 4) is 0 Å². The van der Waals surface area contributed by atoms with E-state index >= 15 is 0 Å². The first-order valence-corrected chi connectivity index (χ1v) is 6.74. The van der Waals surface area contributed by atoms with Crippen molar-refractivity contribution in [3.63, 3.8) is 0 Å². The van der Waals surface area contributed by atoms with Crippen molar-refractivity contribution in [1.82, 2.24) is 9.80 Å². The number of ether oxygens (including phenoxy) is 2. The molecule has 3 atom stereocenters. The first-order chi connectivity index (χ1) is 8.52. The predicted octanol–water partition coefficient (Wildman–Crippen LogP) is 0.0347. The molecule has 1 fully saturated rings.